The minimum absolute atomic E-state index is 0.123. The van der Waals surface area contributed by atoms with Crippen LogP contribution in [0, 0.1) is 0 Å². The minimum atomic E-state index is -0.431. The van der Waals surface area contributed by atoms with Crippen molar-refractivity contribution in [3.8, 4) is 5.75 Å². The molecule has 0 amide bonds. The Bertz CT molecular complexity index is 607. The number of unbranched alkanes of at least 4 members (excludes halogenated alkanes) is 1. The van der Waals surface area contributed by atoms with Gasteiger partial charge in [-0.15, -0.1) is 0 Å². The lowest BCUT2D eigenvalue weighted by molar-refractivity contribution is -0.140. The highest BCUT2D eigenvalue weighted by molar-refractivity contribution is 5.94. The summed E-state index contributed by atoms with van der Waals surface area (Å²) in [6.07, 6.45) is 4.55. The third kappa shape index (κ3) is 8.76. The number of ether oxygens (including phenoxy) is 3. The van der Waals surface area contributed by atoms with Gasteiger partial charge in [-0.2, -0.15) is 0 Å². The largest absolute Gasteiger partial charge is 0.497 e. The third-order valence-corrected chi connectivity index (χ3v) is 4.15. The molecular formula is C22H33NO4. The van der Waals surface area contributed by atoms with Gasteiger partial charge < -0.3 is 14.2 Å². The molecule has 1 rings (SSSR count). The Balaban J connectivity index is 2.55. The Morgan fingerprint density at radius 1 is 1.19 bits per heavy atom. The minimum Gasteiger partial charge on any atom is -0.497 e. The maximum absolute atomic E-state index is 12.2. The van der Waals surface area contributed by atoms with Crippen molar-refractivity contribution in [1.82, 2.24) is 0 Å². The topological polar surface area (TPSA) is 57.1 Å². The molecule has 0 saturated carbocycles. The Labute approximate surface area is 163 Å². The van der Waals surface area contributed by atoms with Gasteiger partial charge >= 0.3 is 5.97 Å². The molecular weight excluding hydrogens is 342 g/mol. The second-order valence-electron chi connectivity index (χ2n) is 6.36. The van der Waals surface area contributed by atoms with Crippen LogP contribution >= 0.6 is 0 Å². The molecule has 27 heavy (non-hydrogen) atoms. The van der Waals surface area contributed by atoms with Gasteiger partial charge in [-0.3, -0.25) is 4.99 Å². The fourth-order valence-corrected chi connectivity index (χ4v) is 2.51. The summed E-state index contributed by atoms with van der Waals surface area (Å²) in [5, 5.41) is 0. The number of hydrogen-bond acceptors (Lipinski definition) is 5. The summed E-state index contributed by atoms with van der Waals surface area (Å²) in [6, 6.07) is 7.39. The molecule has 0 aliphatic heterocycles. The Kier molecular flexibility index (Phi) is 10.9. The van der Waals surface area contributed by atoms with Gasteiger partial charge in [0.2, 0.25) is 0 Å². The molecule has 0 bridgehead atoms. The van der Waals surface area contributed by atoms with Crippen LogP contribution in [0.4, 0.5) is 0 Å². The van der Waals surface area contributed by atoms with E-state index >= 15 is 0 Å². The molecule has 0 fully saturated rings. The maximum Gasteiger partial charge on any atom is 0.334 e. The van der Waals surface area contributed by atoms with Gasteiger partial charge in [-0.25, -0.2) is 4.79 Å². The molecule has 0 saturated heterocycles. The summed E-state index contributed by atoms with van der Waals surface area (Å²) < 4.78 is 16.5. The number of benzene rings is 1. The molecule has 0 N–H and O–H groups in total. The number of nitrogens with zero attached hydrogens (tertiary/aromatic N) is 1. The summed E-state index contributed by atoms with van der Waals surface area (Å²) in [5.74, 6) is 0.896. The number of methoxy groups -OCH3 is 1. The normalized spacial score (nSPS) is 12.4. The van der Waals surface area contributed by atoms with Crippen LogP contribution in [0.25, 0.3) is 0 Å². The van der Waals surface area contributed by atoms with E-state index < -0.39 is 5.97 Å². The van der Waals surface area contributed by atoms with Crippen LogP contribution in [0.15, 0.2) is 41.4 Å². The first kappa shape index (κ1) is 22.7. The predicted octanol–water partition coefficient (Wildman–Crippen LogP) is 5.09. The van der Waals surface area contributed by atoms with Crippen LogP contribution in [0.2, 0.25) is 0 Å². The van der Waals surface area contributed by atoms with Crippen molar-refractivity contribution < 1.29 is 19.0 Å². The van der Waals surface area contributed by atoms with E-state index in [1.54, 1.807) is 7.11 Å². The Morgan fingerprint density at radius 2 is 1.89 bits per heavy atom. The van der Waals surface area contributed by atoms with Crippen LogP contribution < -0.4 is 4.74 Å². The van der Waals surface area contributed by atoms with E-state index in [1.807, 2.05) is 31.2 Å². The number of esters is 1. The molecule has 0 aliphatic rings. The number of hydrogen-bond donors (Lipinski definition) is 0. The van der Waals surface area contributed by atoms with Crippen molar-refractivity contribution >= 4 is 11.9 Å². The molecule has 1 atom stereocenters. The van der Waals surface area contributed by atoms with Crippen molar-refractivity contribution in [2.75, 3.05) is 13.7 Å². The Hall–Kier alpha value is -2.30. The lowest BCUT2D eigenvalue weighted by Gasteiger charge is -2.19. The summed E-state index contributed by atoms with van der Waals surface area (Å²) in [6.45, 7) is 10.9. The number of rotatable bonds is 12. The van der Waals surface area contributed by atoms with Crippen molar-refractivity contribution in [2.45, 2.75) is 65.6 Å². The van der Waals surface area contributed by atoms with Gasteiger partial charge in [0.1, 0.15) is 12.4 Å². The second kappa shape index (κ2) is 13.0. The molecule has 0 heterocycles. The average molecular weight is 376 g/mol. The molecule has 0 radical (unpaired) electrons. The Morgan fingerprint density at radius 3 is 2.44 bits per heavy atom. The highest BCUT2D eigenvalue weighted by Crippen LogP contribution is 2.15. The smallest absolute Gasteiger partial charge is 0.334 e. The predicted molar refractivity (Wildman–Crippen MR) is 109 cm³/mol. The van der Waals surface area contributed by atoms with E-state index in [0.717, 1.165) is 37.0 Å². The molecule has 0 aromatic heterocycles. The summed E-state index contributed by atoms with van der Waals surface area (Å²) in [5.41, 5.74) is 1.24. The molecule has 5 nitrogen and oxygen atoms in total. The first-order valence-corrected chi connectivity index (χ1v) is 9.71. The number of aliphatic imine (C=N–C) groups is 1. The molecule has 0 aliphatic carbocycles. The zero-order valence-corrected chi connectivity index (χ0v) is 17.1. The molecule has 1 aromatic rings. The lowest BCUT2D eigenvalue weighted by Crippen LogP contribution is -2.20. The van der Waals surface area contributed by atoms with Gasteiger partial charge in [0.05, 0.1) is 19.6 Å². The van der Waals surface area contributed by atoms with E-state index in [-0.39, 0.29) is 19.1 Å². The first-order valence-electron chi connectivity index (χ1n) is 9.71. The molecule has 150 valence electrons. The van der Waals surface area contributed by atoms with Crippen LogP contribution in [-0.2, 0) is 20.9 Å². The molecule has 5 heteroatoms. The first-order chi connectivity index (χ1) is 13.0. The third-order valence-electron chi connectivity index (χ3n) is 4.15. The van der Waals surface area contributed by atoms with Gasteiger partial charge in [0, 0.05) is 12.1 Å². The van der Waals surface area contributed by atoms with E-state index in [4.69, 9.17) is 14.2 Å². The molecule has 0 spiro atoms. The summed E-state index contributed by atoms with van der Waals surface area (Å²) >= 11 is 0. The second-order valence-corrected chi connectivity index (χ2v) is 6.36. The van der Waals surface area contributed by atoms with Gasteiger partial charge in [-0.1, -0.05) is 45.4 Å². The number of carbonyl (C=O) groups is 1. The van der Waals surface area contributed by atoms with Crippen LogP contribution in [0.3, 0.4) is 0 Å². The summed E-state index contributed by atoms with van der Waals surface area (Å²) in [7, 11) is 1.61. The van der Waals surface area contributed by atoms with Crippen molar-refractivity contribution in [3.63, 3.8) is 0 Å². The van der Waals surface area contributed by atoms with Crippen molar-refractivity contribution in [2.24, 2.45) is 4.99 Å². The standard InChI is InChI=1S/C22H33NO4/c1-6-9-10-19(7-2)27-21(23-8-3)15-17(4)22(24)26-16-18-11-13-20(25-5)14-12-18/h11-14,19H,4,6-10,15-16H2,1-3,5H3. The van der Waals surface area contributed by atoms with Gasteiger partial charge in [0.25, 0.3) is 0 Å². The highest BCUT2D eigenvalue weighted by atomic mass is 16.5. The number of carbonyl (C=O) groups excluding carboxylic acids is 1. The van der Waals surface area contributed by atoms with Gasteiger partial charge in [-0.05, 0) is 37.5 Å². The quantitative estimate of drug-likeness (QED) is 0.221. The fraction of sp³-hybridized carbons (Fsp3) is 0.545. The van der Waals surface area contributed by atoms with Crippen LogP contribution in [-0.4, -0.2) is 31.6 Å². The van der Waals surface area contributed by atoms with E-state index in [1.165, 1.54) is 0 Å². The lowest BCUT2D eigenvalue weighted by atomic mass is 10.1. The van der Waals surface area contributed by atoms with Gasteiger partial charge in [0.15, 0.2) is 5.90 Å². The highest BCUT2D eigenvalue weighted by Gasteiger charge is 2.16. The molecule has 1 aromatic carbocycles. The van der Waals surface area contributed by atoms with Crippen LogP contribution in [0.5, 0.6) is 5.75 Å². The van der Waals surface area contributed by atoms with Crippen molar-refractivity contribution in [3.05, 3.63) is 42.0 Å². The van der Waals surface area contributed by atoms with E-state index in [0.29, 0.717) is 18.0 Å². The SMILES string of the molecule is C=C(CC(=NCC)OC(CC)CCCC)C(=O)OCc1ccc(OC)cc1. The van der Waals surface area contributed by atoms with E-state index in [2.05, 4.69) is 25.4 Å². The zero-order chi connectivity index (χ0) is 20.1. The monoisotopic (exact) mass is 375 g/mol. The zero-order valence-electron chi connectivity index (χ0n) is 17.1. The van der Waals surface area contributed by atoms with E-state index in [9.17, 15) is 4.79 Å². The molecule has 1 unspecified atom stereocenters. The summed E-state index contributed by atoms with van der Waals surface area (Å²) in [4.78, 5) is 16.6. The fourth-order valence-electron chi connectivity index (χ4n) is 2.51. The average Bonchev–Trinajstić information content (AvgIpc) is 2.69. The maximum atomic E-state index is 12.2. The van der Waals surface area contributed by atoms with Crippen LogP contribution in [0.1, 0.15) is 58.4 Å². The van der Waals surface area contributed by atoms with Crippen molar-refractivity contribution in [1.29, 1.82) is 0 Å².